The van der Waals surface area contributed by atoms with Gasteiger partial charge in [0.25, 0.3) is 0 Å². The quantitative estimate of drug-likeness (QED) is 0.613. The van der Waals surface area contributed by atoms with Gasteiger partial charge in [0.05, 0.1) is 6.54 Å². The van der Waals surface area contributed by atoms with Crippen molar-refractivity contribution in [2.45, 2.75) is 71.2 Å². The first-order valence-corrected chi connectivity index (χ1v) is 10.2. The summed E-state index contributed by atoms with van der Waals surface area (Å²) in [5.74, 6) is 1.09. The third kappa shape index (κ3) is 3.16. The van der Waals surface area contributed by atoms with Crippen molar-refractivity contribution in [2.75, 3.05) is 19.6 Å². The number of quaternary nitrogens is 1. The highest BCUT2D eigenvalue weighted by molar-refractivity contribution is 5.75. The maximum absolute atomic E-state index is 12.7. The first kappa shape index (κ1) is 17.5. The Labute approximate surface area is 151 Å². The lowest BCUT2D eigenvalue weighted by Crippen LogP contribution is -3.16. The molecular formula is C21H34NO3+. The molecule has 25 heavy (non-hydrogen) atoms. The summed E-state index contributed by atoms with van der Waals surface area (Å²) in [4.78, 5) is 14.2. The van der Waals surface area contributed by atoms with Gasteiger partial charge in [-0.1, -0.05) is 19.1 Å². The molecule has 4 fully saturated rings. The normalized spacial score (nSPS) is 50.1. The predicted molar refractivity (Wildman–Crippen MR) is 96.3 cm³/mol. The van der Waals surface area contributed by atoms with E-state index in [2.05, 4.69) is 27.4 Å². The third-order valence-corrected chi connectivity index (χ3v) is 7.45. The van der Waals surface area contributed by atoms with E-state index in [0.717, 1.165) is 32.5 Å². The number of carbonyl (C=O) groups excluding carboxylic acids is 1. The molecular weight excluding hydrogens is 314 g/mol. The smallest absolute Gasteiger partial charge is 0.315 e. The van der Waals surface area contributed by atoms with Crippen LogP contribution in [-0.2, 0) is 14.3 Å². The molecule has 0 bridgehead atoms. The van der Waals surface area contributed by atoms with Crippen LogP contribution in [0.5, 0.6) is 0 Å². The second kappa shape index (κ2) is 6.38. The molecule has 4 heteroatoms. The molecule has 4 aliphatic rings. The number of hydrogen-bond donors (Lipinski definition) is 1. The van der Waals surface area contributed by atoms with E-state index in [4.69, 9.17) is 9.47 Å². The molecule has 0 aromatic rings. The van der Waals surface area contributed by atoms with Crippen LogP contribution in [0.3, 0.4) is 0 Å². The number of carbonyl (C=O) groups is 1. The van der Waals surface area contributed by atoms with E-state index in [-0.39, 0.29) is 30.2 Å². The van der Waals surface area contributed by atoms with Crippen LogP contribution in [0.4, 0.5) is 0 Å². The standard InChI is InChI=1S/C21H33NO3/c1-13-6-5-7-21(4)9-19-16(8-18(13)21)17(20(23)25-19)12-22-10-14(2)24-15(3)11-22/h14-19H,1,5-12H2,2-4H3/p+1/t14-,15-,16+,17+,18-,19+,21+/m0/s1. The van der Waals surface area contributed by atoms with Gasteiger partial charge in [-0.25, -0.2) is 0 Å². The van der Waals surface area contributed by atoms with E-state index in [1.165, 1.54) is 29.7 Å². The number of hydrogen-bond acceptors (Lipinski definition) is 3. The Bertz CT molecular complexity index is 551. The van der Waals surface area contributed by atoms with Gasteiger partial charge in [0.1, 0.15) is 37.3 Å². The molecule has 0 amide bonds. The topological polar surface area (TPSA) is 40.0 Å². The van der Waals surface area contributed by atoms with Gasteiger partial charge in [-0.05, 0) is 57.3 Å². The Hall–Kier alpha value is -0.870. The van der Waals surface area contributed by atoms with E-state index < -0.39 is 0 Å². The van der Waals surface area contributed by atoms with Gasteiger partial charge in [-0.2, -0.15) is 0 Å². The molecule has 7 atom stereocenters. The van der Waals surface area contributed by atoms with Gasteiger partial charge < -0.3 is 14.4 Å². The van der Waals surface area contributed by atoms with Gasteiger partial charge in [0.2, 0.25) is 0 Å². The molecule has 0 radical (unpaired) electrons. The molecule has 4 rings (SSSR count). The number of nitrogens with one attached hydrogen (secondary N) is 1. The molecule has 4 nitrogen and oxygen atoms in total. The fraction of sp³-hybridized carbons (Fsp3) is 0.857. The minimum atomic E-state index is 0.0576. The number of rotatable bonds is 2. The summed E-state index contributed by atoms with van der Waals surface area (Å²) >= 11 is 0. The number of esters is 1. The van der Waals surface area contributed by atoms with Crippen molar-refractivity contribution < 1.29 is 19.2 Å². The van der Waals surface area contributed by atoms with E-state index in [1.807, 2.05) is 0 Å². The summed E-state index contributed by atoms with van der Waals surface area (Å²) in [5.41, 5.74) is 1.71. The van der Waals surface area contributed by atoms with Crippen LogP contribution in [0.25, 0.3) is 0 Å². The molecule has 0 spiro atoms. The zero-order valence-corrected chi connectivity index (χ0v) is 16.1. The summed E-state index contributed by atoms with van der Waals surface area (Å²) in [5, 5.41) is 0. The zero-order valence-electron chi connectivity index (χ0n) is 16.1. The summed E-state index contributed by atoms with van der Waals surface area (Å²) in [7, 11) is 0. The number of ether oxygens (including phenoxy) is 2. The van der Waals surface area contributed by atoms with Gasteiger partial charge in [-0.3, -0.25) is 4.79 Å². The Morgan fingerprint density at radius 1 is 1.28 bits per heavy atom. The van der Waals surface area contributed by atoms with Crippen LogP contribution < -0.4 is 4.90 Å². The van der Waals surface area contributed by atoms with Crippen molar-refractivity contribution >= 4 is 5.97 Å². The van der Waals surface area contributed by atoms with E-state index >= 15 is 0 Å². The molecule has 2 saturated heterocycles. The Kier molecular flexibility index (Phi) is 4.48. The second-order valence-corrected chi connectivity index (χ2v) is 9.52. The number of allylic oxidation sites excluding steroid dienone is 1. The number of morpholine rings is 1. The molecule has 0 aromatic heterocycles. The van der Waals surface area contributed by atoms with Crippen molar-refractivity contribution in [3.05, 3.63) is 12.2 Å². The first-order valence-electron chi connectivity index (χ1n) is 10.2. The van der Waals surface area contributed by atoms with Gasteiger partial charge in [-0.15, -0.1) is 0 Å². The van der Waals surface area contributed by atoms with Crippen LogP contribution in [0.15, 0.2) is 12.2 Å². The minimum Gasteiger partial charge on any atom is -0.462 e. The largest absolute Gasteiger partial charge is 0.462 e. The van der Waals surface area contributed by atoms with Crippen molar-refractivity contribution in [1.29, 1.82) is 0 Å². The molecule has 0 aromatic carbocycles. The highest BCUT2D eigenvalue weighted by atomic mass is 16.6. The van der Waals surface area contributed by atoms with E-state index in [0.29, 0.717) is 17.3 Å². The Balaban J connectivity index is 1.49. The van der Waals surface area contributed by atoms with Gasteiger partial charge in [0.15, 0.2) is 0 Å². The lowest BCUT2D eigenvalue weighted by atomic mass is 9.55. The molecule has 1 N–H and O–H groups in total. The highest BCUT2D eigenvalue weighted by Crippen LogP contribution is 2.56. The maximum atomic E-state index is 12.7. The van der Waals surface area contributed by atoms with Crippen LogP contribution in [-0.4, -0.2) is 43.9 Å². The molecule has 2 saturated carbocycles. The second-order valence-electron chi connectivity index (χ2n) is 9.52. The third-order valence-electron chi connectivity index (χ3n) is 7.45. The molecule has 0 unspecified atom stereocenters. The van der Waals surface area contributed by atoms with Crippen molar-refractivity contribution in [2.24, 2.45) is 23.2 Å². The maximum Gasteiger partial charge on any atom is 0.315 e. The molecule has 2 aliphatic carbocycles. The monoisotopic (exact) mass is 348 g/mol. The van der Waals surface area contributed by atoms with Crippen LogP contribution >= 0.6 is 0 Å². The zero-order chi connectivity index (χ0) is 17.8. The van der Waals surface area contributed by atoms with Crippen LogP contribution in [0.2, 0.25) is 0 Å². The average Bonchev–Trinajstić information content (AvgIpc) is 2.79. The Morgan fingerprint density at radius 2 is 2.00 bits per heavy atom. The summed E-state index contributed by atoms with van der Waals surface area (Å²) in [6.07, 6.45) is 6.50. The minimum absolute atomic E-state index is 0.0576. The van der Waals surface area contributed by atoms with Crippen LogP contribution in [0.1, 0.15) is 52.9 Å². The highest BCUT2D eigenvalue weighted by Gasteiger charge is 2.56. The average molecular weight is 349 g/mol. The predicted octanol–water partition coefficient (Wildman–Crippen LogP) is 1.99. The van der Waals surface area contributed by atoms with Crippen LogP contribution in [0, 0.1) is 23.2 Å². The summed E-state index contributed by atoms with van der Waals surface area (Å²) in [6.45, 7) is 14.0. The van der Waals surface area contributed by atoms with Crippen molar-refractivity contribution in [1.82, 2.24) is 0 Å². The Morgan fingerprint density at radius 3 is 2.72 bits per heavy atom. The summed E-state index contributed by atoms with van der Waals surface area (Å²) < 4.78 is 11.8. The van der Waals surface area contributed by atoms with Gasteiger partial charge in [0, 0.05) is 5.92 Å². The van der Waals surface area contributed by atoms with E-state index in [1.54, 1.807) is 0 Å². The lowest BCUT2D eigenvalue weighted by Gasteiger charge is -2.50. The molecule has 2 aliphatic heterocycles. The lowest BCUT2D eigenvalue weighted by molar-refractivity contribution is -0.917. The molecule has 2 heterocycles. The van der Waals surface area contributed by atoms with Crippen molar-refractivity contribution in [3.63, 3.8) is 0 Å². The van der Waals surface area contributed by atoms with Gasteiger partial charge >= 0.3 is 5.97 Å². The number of fused-ring (bicyclic) bond motifs is 2. The summed E-state index contributed by atoms with van der Waals surface area (Å²) in [6, 6.07) is 0. The first-order chi connectivity index (χ1) is 11.9. The SMILES string of the molecule is C=C1CCC[C@]2(C)C[C@H]3OC(=O)[C@H](C[NH+]4C[C@H](C)O[C@@H](C)C4)[C@H]3C[C@@H]12. The van der Waals surface area contributed by atoms with Crippen molar-refractivity contribution in [3.8, 4) is 0 Å². The molecule has 140 valence electrons. The fourth-order valence-corrected chi connectivity index (χ4v) is 6.36. The fourth-order valence-electron chi connectivity index (χ4n) is 6.36. The van der Waals surface area contributed by atoms with E-state index in [9.17, 15) is 4.79 Å².